The van der Waals surface area contributed by atoms with Gasteiger partial charge in [-0.3, -0.25) is 0 Å². The molecular formula is C20H25N. The molecule has 0 saturated heterocycles. The SMILES string of the molecule is CCC(CC)=C(CC)N(c1ccccc1)c1ccccc1. The number of hydrogen-bond acceptors (Lipinski definition) is 1. The minimum atomic E-state index is 1.04. The van der Waals surface area contributed by atoms with E-state index in [0.29, 0.717) is 0 Å². The molecule has 2 aromatic rings. The van der Waals surface area contributed by atoms with Crippen LogP contribution < -0.4 is 4.90 Å². The van der Waals surface area contributed by atoms with E-state index in [2.05, 4.69) is 86.3 Å². The number of anilines is 2. The topological polar surface area (TPSA) is 3.24 Å². The highest BCUT2D eigenvalue weighted by molar-refractivity contribution is 5.68. The van der Waals surface area contributed by atoms with Crippen molar-refractivity contribution in [3.05, 3.63) is 71.9 Å². The van der Waals surface area contributed by atoms with Gasteiger partial charge in [-0.15, -0.1) is 0 Å². The lowest BCUT2D eigenvalue weighted by molar-refractivity contribution is 0.881. The van der Waals surface area contributed by atoms with Crippen LogP contribution in [0.5, 0.6) is 0 Å². The average molecular weight is 279 g/mol. The van der Waals surface area contributed by atoms with Gasteiger partial charge in [0.05, 0.1) is 0 Å². The van der Waals surface area contributed by atoms with Crippen LogP contribution in [-0.4, -0.2) is 0 Å². The fourth-order valence-corrected chi connectivity index (χ4v) is 2.84. The van der Waals surface area contributed by atoms with Gasteiger partial charge in [-0.25, -0.2) is 0 Å². The third-order valence-corrected chi connectivity index (χ3v) is 3.90. The van der Waals surface area contributed by atoms with Crippen molar-refractivity contribution in [2.24, 2.45) is 0 Å². The van der Waals surface area contributed by atoms with Crippen LogP contribution in [0, 0.1) is 0 Å². The van der Waals surface area contributed by atoms with Crippen molar-refractivity contribution in [1.29, 1.82) is 0 Å². The van der Waals surface area contributed by atoms with E-state index in [-0.39, 0.29) is 0 Å². The van der Waals surface area contributed by atoms with Gasteiger partial charge in [-0.05, 0) is 43.5 Å². The molecular weight excluding hydrogens is 254 g/mol. The molecule has 2 aromatic carbocycles. The predicted octanol–water partition coefficient (Wildman–Crippen LogP) is 6.31. The number of para-hydroxylation sites is 2. The summed E-state index contributed by atoms with van der Waals surface area (Å²) in [6.45, 7) is 6.75. The van der Waals surface area contributed by atoms with Gasteiger partial charge in [-0.1, -0.05) is 62.7 Å². The fraction of sp³-hybridized carbons (Fsp3) is 0.300. The van der Waals surface area contributed by atoms with Crippen molar-refractivity contribution < 1.29 is 0 Å². The monoisotopic (exact) mass is 279 g/mol. The van der Waals surface area contributed by atoms with E-state index in [0.717, 1.165) is 19.3 Å². The Morgan fingerprint density at radius 1 is 0.667 bits per heavy atom. The van der Waals surface area contributed by atoms with Crippen LogP contribution in [0.15, 0.2) is 71.9 Å². The van der Waals surface area contributed by atoms with Crippen molar-refractivity contribution in [3.8, 4) is 0 Å². The zero-order chi connectivity index (χ0) is 15.1. The third kappa shape index (κ3) is 3.55. The zero-order valence-corrected chi connectivity index (χ0v) is 13.3. The molecule has 0 atom stereocenters. The Kier molecular flexibility index (Phi) is 5.62. The first-order valence-corrected chi connectivity index (χ1v) is 7.92. The number of benzene rings is 2. The molecule has 0 saturated carbocycles. The Balaban J connectivity index is 2.59. The number of hydrogen-bond donors (Lipinski definition) is 0. The average Bonchev–Trinajstić information content (AvgIpc) is 2.56. The van der Waals surface area contributed by atoms with Gasteiger partial charge in [0.15, 0.2) is 0 Å². The van der Waals surface area contributed by atoms with E-state index >= 15 is 0 Å². The molecule has 1 nitrogen and oxygen atoms in total. The summed E-state index contributed by atoms with van der Waals surface area (Å²) in [6.07, 6.45) is 3.26. The molecule has 0 bridgehead atoms. The van der Waals surface area contributed by atoms with Crippen LogP contribution in [0.3, 0.4) is 0 Å². The minimum Gasteiger partial charge on any atom is -0.314 e. The summed E-state index contributed by atoms with van der Waals surface area (Å²) in [4.78, 5) is 2.41. The van der Waals surface area contributed by atoms with Crippen LogP contribution in [0.1, 0.15) is 40.0 Å². The maximum Gasteiger partial charge on any atom is 0.0458 e. The summed E-state index contributed by atoms with van der Waals surface area (Å²) in [5.41, 5.74) is 5.43. The van der Waals surface area contributed by atoms with Crippen molar-refractivity contribution >= 4 is 11.4 Å². The Hall–Kier alpha value is -2.02. The van der Waals surface area contributed by atoms with Gasteiger partial charge < -0.3 is 4.90 Å². The lowest BCUT2D eigenvalue weighted by atomic mass is 10.0. The second-order valence-electron chi connectivity index (χ2n) is 5.12. The summed E-state index contributed by atoms with van der Waals surface area (Å²) in [6, 6.07) is 21.3. The molecule has 0 fully saturated rings. The van der Waals surface area contributed by atoms with Crippen molar-refractivity contribution in [2.75, 3.05) is 4.90 Å². The summed E-state index contributed by atoms with van der Waals surface area (Å²) >= 11 is 0. The first kappa shape index (κ1) is 15.4. The van der Waals surface area contributed by atoms with Gasteiger partial charge >= 0.3 is 0 Å². The van der Waals surface area contributed by atoms with Crippen LogP contribution in [0.2, 0.25) is 0 Å². The first-order chi connectivity index (χ1) is 10.3. The molecule has 1 heteroatoms. The number of nitrogens with zero attached hydrogens (tertiary/aromatic N) is 1. The summed E-state index contributed by atoms with van der Waals surface area (Å²) in [5.74, 6) is 0. The Bertz CT molecular complexity index is 524. The third-order valence-electron chi connectivity index (χ3n) is 3.90. The predicted molar refractivity (Wildman–Crippen MR) is 92.9 cm³/mol. The number of allylic oxidation sites excluding steroid dienone is 2. The first-order valence-electron chi connectivity index (χ1n) is 7.92. The van der Waals surface area contributed by atoms with Crippen LogP contribution in [0.25, 0.3) is 0 Å². The molecule has 21 heavy (non-hydrogen) atoms. The van der Waals surface area contributed by atoms with E-state index in [4.69, 9.17) is 0 Å². The minimum absolute atomic E-state index is 1.04. The largest absolute Gasteiger partial charge is 0.314 e. The molecule has 110 valence electrons. The highest BCUT2D eigenvalue weighted by Gasteiger charge is 2.15. The van der Waals surface area contributed by atoms with Crippen LogP contribution in [0.4, 0.5) is 11.4 Å². The molecule has 0 heterocycles. The van der Waals surface area contributed by atoms with E-state index < -0.39 is 0 Å². The standard InChI is InChI=1S/C20H25N/c1-4-17(5-2)20(6-3)21(18-13-9-7-10-14-18)19-15-11-8-12-16-19/h7-16H,4-6H2,1-3H3. The molecule has 0 amide bonds. The van der Waals surface area contributed by atoms with E-state index in [1.54, 1.807) is 0 Å². The summed E-state index contributed by atoms with van der Waals surface area (Å²) < 4.78 is 0. The maximum absolute atomic E-state index is 2.41. The molecule has 0 N–H and O–H groups in total. The molecule has 0 unspecified atom stereocenters. The lowest BCUT2D eigenvalue weighted by Crippen LogP contribution is -2.18. The van der Waals surface area contributed by atoms with Gasteiger partial charge in [0, 0.05) is 17.1 Å². The molecule has 0 aliphatic carbocycles. The summed E-state index contributed by atoms with van der Waals surface area (Å²) in [7, 11) is 0. The van der Waals surface area contributed by atoms with Crippen molar-refractivity contribution in [2.45, 2.75) is 40.0 Å². The molecule has 0 aliphatic heterocycles. The highest BCUT2D eigenvalue weighted by Crippen LogP contribution is 2.33. The second kappa shape index (κ2) is 7.68. The van der Waals surface area contributed by atoms with Crippen molar-refractivity contribution in [3.63, 3.8) is 0 Å². The molecule has 0 radical (unpaired) electrons. The van der Waals surface area contributed by atoms with E-state index in [9.17, 15) is 0 Å². The summed E-state index contributed by atoms with van der Waals surface area (Å²) in [5, 5.41) is 0. The zero-order valence-electron chi connectivity index (χ0n) is 13.3. The Labute approximate surface area is 128 Å². The van der Waals surface area contributed by atoms with Gasteiger partial charge in [0.2, 0.25) is 0 Å². The van der Waals surface area contributed by atoms with Gasteiger partial charge in [0.25, 0.3) is 0 Å². The molecule has 0 aliphatic rings. The Morgan fingerprint density at radius 3 is 1.43 bits per heavy atom. The Morgan fingerprint density at radius 2 is 1.10 bits per heavy atom. The van der Waals surface area contributed by atoms with Gasteiger partial charge in [0.1, 0.15) is 0 Å². The second-order valence-corrected chi connectivity index (χ2v) is 5.12. The van der Waals surface area contributed by atoms with Crippen LogP contribution in [-0.2, 0) is 0 Å². The maximum atomic E-state index is 2.41. The molecule has 0 spiro atoms. The number of rotatable bonds is 6. The highest BCUT2D eigenvalue weighted by atomic mass is 15.1. The molecule has 2 rings (SSSR count). The van der Waals surface area contributed by atoms with Crippen molar-refractivity contribution in [1.82, 2.24) is 0 Å². The quantitative estimate of drug-likeness (QED) is 0.599. The van der Waals surface area contributed by atoms with Crippen LogP contribution >= 0.6 is 0 Å². The smallest absolute Gasteiger partial charge is 0.0458 e. The van der Waals surface area contributed by atoms with Gasteiger partial charge in [-0.2, -0.15) is 0 Å². The van der Waals surface area contributed by atoms with E-state index in [1.165, 1.54) is 22.6 Å². The lowest BCUT2D eigenvalue weighted by Gasteiger charge is -2.29. The molecule has 0 aromatic heterocycles. The fourth-order valence-electron chi connectivity index (χ4n) is 2.84. The van der Waals surface area contributed by atoms with E-state index in [1.807, 2.05) is 0 Å². The normalized spacial score (nSPS) is 10.2.